The van der Waals surface area contributed by atoms with Gasteiger partial charge in [0, 0.05) is 16.8 Å². The summed E-state index contributed by atoms with van der Waals surface area (Å²) >= 11 is 0. The van der Waals surface area contributed by atoms with Gasteiger partial charge in [-0.05, 0) is 105 Å². The van der Waals surface area contributed by atoms with E-state index in [1.165, 1.54) is 6.92 Å². The molecular weight excluding hydrogens is 546 g/mol. The van der Waals surface area contributed by atoms with Gasteiger partial charge in [0.25, 0.3) is 5.91 Å². The Morgan fingerprint density at radius 1 is 0.721 bits per heavy atom. The van der Waals surface area contributed by atoms with Crippen LogP contribution in [0.4, 0.5) is 5.69 Å². The van der Waals surface area contributed by atoms with Gasteiger partial charge in [-0.1, -0.05) is 0 Å². The number of methoxy groups -OCH3 is 2. The zero-order valence-electron chi connectivity index (χ0n) is 24.3. The summed E-state index contributed by atoms with van der Waals surface area (Å²) < 4.78 is 21.5. The molecule has 1 amide bonds. The summed E-state index contributed by atoms with van der Waals surface area (Å²) in [7, 11) is 3.23. The second-order valence-corrected chi connectivity index (χ2v) is 9.58. The number of amides is 1. The summed E-state index contributed by atoms with van der Waals surface area (Å²) in [5.74, 6) is 1.04. The van der Waals surface area contributed by atoms with Gasteiger partial charge >= 0.3 is 5.97 Å². The lowest BCUT2D eigenvalue weighted by atomic mass is 10.0. The van der Waals surface area contributed by atoms with Crippen molar-refractivity contribution in [1.29, 1.82) is 0 Å². The molecule has 0 fully saturated rings. The third kappa shape index (κ3) is 6.73. The summed E-state index contributed by atoms with van der Waals surface area (Å²) in [5, 5.41) is 2.75. The van der Waals surface area contributed by atoms with E-state index in [9.17, 15) is 9.59 Å². The van der Waals surface area contributed by atoms with Crippen molar-refractivity contribution in [3.05, 3.63) is 96.6 Å². The van der Waals surface area contributed by atoms with E-state index in [1.807, 2.05) is 55.5 Å². The van der Waals surface area contributed by atoms with Crippen LogP contribution >= 0.6 is 0 Å². The van der Waals surface area contributed by atoms with Crippen molar-refractivity contribution >= 4 is 28.6 Å². The molecular formula is C34H31N3O6. The quantitative estimate of drug-likeness (QED) is 0.186. The molecule has 0 aliphatic carbocycles. The zero-order valence-corrected chi connectivity index (χ0v) is 24.3. The standard InChI is InChI=1S/C34H31N3O6/c1-5-42-28-17-11-25(12-18-28)35-33(38)21(2)43-34(39)24-10-19-29-30(20-24)37-32(23-8-15-27(41-4)16-9-23)31(36-29)22-6-13-26(40-3)14-7-22/h6-21H,5H2,1-4H3,(H,35,38). The monoisotopic (exact) mass is 577 g/mol. The summed E-state index contributed by atoms with van der Waals surface area (Å²) in [6.07, 6.45) is -1.03. The number of ether oxygens (including phenoxy) is 4. The van der Waals surface area contributed by atoms with E-state index in [0.717, 1.165) is 16.9 Å². The van der Waals surface area contributed by atoms with Gasteiger partial charge in [0.05, 0.1) is 48.8 Å². The molecule has 0 bridgehead atoms. The number of hydrogen-bond acceptors (Lipinski definition) is 8. The van der Waals surface area contributed by atoms with E-state index in [4.69, 9.17) is 28.9 Å². The number of hydrogen-bond donors (Lipinski definition) is 1. The smallest absolute Gasteiger partial charge is 0.338 e. The molecule has 0 saturated heterocycles. The number of anilines is 1. The van der Waals surface area contributed by atoms with Crippen molar-refractivity contribution in [3.8, 4) is 39.8 Å². The SMILES string of the molecule is CCOc1ccc(NC(=O)C(C)OC(=O)c2ccc3nc(-c4ccc(OC)cc4)c(-c4ccc(OC)cc4)nc3c2)cc1. The van der Waals surface area contributed by atoms with E-state index >= 15 is 0 Å². The Morgan fingerprint density at radius 2 is 1.26 bits per heavy atom. The molecule has 5 aromatic rings. The number of esters is 1. The van der Waals surface area contributed by atoms with E-state index in [2.05, 4.69) is 5.32 Å². The lowest BCUT2D eigenvalue weighted by Crippen LogP contribution is -2.30. The van der Waals surface area contributed by atoms with Gasteiger partial charge in [0.2, 0.25) is 0 Å². The number of benzene rings is 4. The normalized spacial score (nSPS) is 11.4. The number of rotatable bonds is 10. The van der Waals surface area contributed by atoms with Gasteiger partial charge in [-0.3, -0.25) is 4.79 Å². The molecule has 1 heterocycles. The largest absolute Gasteiger partial charge is 0.497 e. The van der Waals surface area contributed by atoms with Crippen LogP contribution in [0.25, 0.3) is 33.5 Å². The summed E-state index contributed by atoms with van der Waals surface area (Å²) in [6, 6.07) is 27.0. The van der Waals surface area contributed by atoms with Crippen molar-refractivity contribution < 1.29 is 28.5 Å². The molecule has 43 heavy (non-hydrogen) atoms. The third-order valence-corrected chi connectivity index (χ3v) is 6.71. The van der Waals surface area contributed by atoms with Crippen molar-refractivity contribution in [1.82, 2.24) is 9.97 Å². The van der Waals surface area contributed by atoms with Gasteiger partial charge in [-0.2, -0.15) is 0 Å². The first-order valence-electron chi connectivity index (χ1n) is 13.7. The van der Waals surface area contributed by atoms with E-state index < -0.39 is 18.0 Å². The number of nitrogens with one attached hydrogen (secondary N) is 1. The lowest BCUT2D eigenvalue weighted by Gasteiger charge is -2.15. The number of nitrogens with zero attached hydrogens (tertiary/aromatic N) is 2. The first-order valence-corrected chi connectivity index (χ1v) is 13.7. The number of fused-ring (bicyclic) bond motifs is 1. The molecule has 9 nitrogen and oxygen atoms in total. The molecule has 0 aliphatic rings. The highest BCUT2D eigenvalue weighted by Crippen LogP contribution is 2.33. The van der Waals surface area contributed by atoms with Crippen LogP contribution in [-0.2, 0) is 9.53 Å². The maximum absolute atomic E-state index is 13.1. The van der Waals surface area contributed by atoms with Gasteiger partial charge in [-0.25, -0.2) is 14.8 Å². The van der Waals surface area contributed by atoms with Crippen molar-refractivity contribution in [2.75, 3.05) is 26.1 Å². The average Bonchev–Trinajstić information content (AvgIpc) is 3.05. The molecule has 1 aromatic heterocycles. The molecule has 1 N–H and O–H groups in total. The Hall–Kier alpha value is -5.44. The van der Waals surface area contributed by atoms with E-state index in [1.54, 1.807) is 56.7 Å². The Labute approximate surface area is 249 Å². The molecule has 218 valence electrons. The summed E-state index contributed by atoms with van der Waals surface area (Å²) in [4.78, 5) is 35.6. The maximum atomic E-state index is 13.1. The summed E-state index contributed by atoms with van der Waals surface area (Å²) in [5.41, 5.74) is 4.91. The highest BCUT2D eigenvalue weighted by Gasteiger charge is 2.21. The van der Waals surface area contributed by atoms with E-state index in [0.29, 0.717) is 46.2 Å². The molecule has 4 aromatic carbocycles. The molecule has 0 saturated carbocycles. The van der Waals surface area contributed by atoms with Crippen molar-refractivity contribution in [3.63, 3.8) is 0 Å². The van der Waals surface area contributed by atoms with Crippen LogP contribution in [0.1, 0.15) is 24.2 Å². The van der Waals surface area contributed by atoms with Crippen LogP contribution in [0.2, 0.25) is 0 Å². The summed E-state index contributed by atoms with van der Waals surface area (Å²) in [6.45, 7) is 3.96. The van der Waals surface area contributed by atoms with Gasteiger partial charge in [0.15, 0.2) is 6.10 Å². The molecule has 9 heteroatoms. The number of aromatic nitrogens is 2. The topological polar surface area (TPSA) is 109 Å². The Bertz CT molecular complexity index is 1740. The number of carbonyl (C=O) groups excluding carboxylic acids is 2. The molecule has 0 spiro atoms. The molecule has 5 rings (SSSR count). The molecule has 0 aliphatic heterocycles. The van der Waals surface area contributed by atoms with Crippen molar-refractivity contribution in [2.45, 2.75) is 20.0 Å². The molecule has 0 radical (unpaired) electrons. The van der Waals surface area contributed by atoms with Crippen LogP contribution in [0.15, 0.2) is 91.0 Å². The van der Waals surface area contributed by atoms with E-state index in [-0.39, 0.29) is 5.56 Å². The van der Waals surface area contributed by atoms with Gasteiger partial charge in [-0.15, -0.1) is 0 Å². The Balaban J connectivity index is 1.41. The second-order valence-electron chi connectivity index (χ2n) is 9.58. The van der Waals surface area contributed by atoms with Crippen LogP contribution < -0.4 is 19.5 Å². The fourth-order valence-electron chi connectivity index (χ4n) is 4.41. The fraction of sp³-hybridized carbons (Fsp3) is 0.176. The predicted molar refractivity (Wildman–Crippen MR) is 165 cm³/mol. The molecule has 1 unspecified atom stereocenters. The number of carbonyl (C=O) groups is 2. The van der Waals surface area contributed by atoms with Crippen LogP contribution in [0.3, 0.4) is 0 Å². The van der Waals surface area contributed by atoms with Gasteiger partial charge in [0.1, 0.15) is 17.2 Å². The lowest BCUT2D eigenvalue weighted by molar-refractivity contribution is -0.123. The van der Waals surface area contributed by atoms with Gasteiger partial charge < -0.3 is 24.3 Å². The Kier molecular flexibility index (Phi) is 8.81. The van der Waals surface area contributed by atoms with Crippen molar-refractivity contribution in [2.24, 2.45) is 0 Å². The first-order chi connectivity index (χ1) is 20.9. The fourth-order valence-corrected chi connectivity index (χ4v) is 4.41. The average molecular weight is 578 g/mol. The minimum atomic E-state index is -1.03. The highest BCUT2D eigenvalue weighted by atomic mass is 16.5. The highest BCUT2D eigenvalue weighted by molar-refractivity contribution is 5.99. The third-order valence-electron chi connectivity index (χ3n) is 6.71. The van der Waals surface area contributed by atoms with Crippen LogP contribution in [0, 0.1) is 0 Å². The maximum Gasteiger partial charge on any atom is 0.338 e. The molecule has 1 atom stereocenters. The predicted octanol–water partition coefficient (Wildman–Crippen LogP) is 6.56. The van der Waals surface area contributed by atoms with Crippen LogP contribution in [-0.4, -0.2) is 48.8 Å². The zero-order chi connectivity index (χ0) is 30.3. The van der Waals surface area contributed by atoms with Crippen LogP contribution in [0.5, 0.6) is 17.2 Å². The first kappa shape index (κ1) is 29.1. The second kappa shape index (κ2) is 13.0. The Morgan fingerprint density at radius 3 is 1.79 bits per heavy atom. The minimum Gasteiger partial charge on any atom is -0.497 e. The minimum absolute atomic E-state index is 0.250.